The summed E-state index contributed by atoms with van der Waals surface area (Å²) in [5.74, 6) is 0.488. The molecule has 0 fully saturated rings. The van der Waals surface area contributed by atoms with Gasteiger partial charge in [-0.3, -0.25) is 9.78 Å². The zero-order chi connectivity index (χ0) is 11.7. The number of anilines is 1. The van der Waals surface area contributed by atoms with Gasteiger partial charge in [0.25, 0.3) is 5.56 Å². The van der Waals surface area contributed by atoms with Gasteiger partial charge in [-0.2, -0.15) is 4.98 Å². The molecule has 2 aromatic rings. The van der Waals surface area contributed by atoms with E-state index >= 15 is 0 Å². The van der Waals surface area contributed by atoms with Gasteiger partial charge in [-0.15, -0.1) is 0 Å². The molecule has 0 bridgehead atoms. The van der Waals surface area contributed by atoms with Gasteiger partial charge < -0.3 is 9.88 Å². The zero-order valence-electron chi connectivity index (χ0n) is 9.61. The Labute approximate surface area is 92.7 Å². The van der Waals surface area contributed by atoms with Gasteiger partial charge in [-0.25, -0.2) is 4.98 Å². The average molecular weight is 221 g/mol. The maximum absolute atomic E-state index is 11.7. The number of imidazole rings is 1. The lowest BCUT2D eigenvalue weighted by Crippen LogP contribution is -2.14. The Balaban J connectivity index is 2.66. The number of rotatable bonds is 3. The standard InChI is InChI=1S/C10H15N5O/c1-4-11-10-13-8-7(9(16)14-10)12-5-15(8)6(2)3/h5-6H,4H2,1-3H3,(H2,11,13,14,16). The van der Waals surface area contributed by atoms with Crippen LogP contribution in [-0.4, -0.2) is 26.1 Å². The molecule has 0 aromatic carbocycles. The van der Waals surface area contributed by atoms with Crippen molar-refractivity contribution in [2.75, 3.05) is 11.9 Å². The lowest BCUT2D eigenvalue weighted by atomic mass is 10.4. The summed E-state index contributed by atoms with van der Waals surface area (Å²) in [5, 5.41) is 2.99. The van der Waals surface area contributed by atoms with E-state index in [0.717, 1.165) is 0 Å². The summed E-state index contributed by atoms with van der Waals surface area (Å²) in [4.78, 5) is 22.8. The van der Waals surface area contributed by atoms with Crippen molar-refractivity contribution >= 4 is 17.1 Å². The largest absolute Gasteiger partial charge is 0.356 e. The van der Waals surface area contributed by atoms with Crippen LogP contribution in [0.25, 0.3) is 11.2 Å². The Bertz CT molecular complexity index is 554. The van der Waals surface area contributed by atoms with Crippen molar-refractivity contribution in [2.24, 2.45) is 0 Å². The summed E-state index contributed by atoms with van der Waals surface area (Å²) in [6, 6.07) is 0.230. The van der Waals surface area contributed by atoms with Crippen molar-refractivity contribution in [2.45, 2.75) is 26.8 Å². The second kappa shape index (κ2) is 3.96. The first kappa shape index (κ1) is 10.7. The summed E-state index contributed by atoms with van der Waals surface area (Å²) in [6.45, 7) is 6.71. The van der Waals surface area contributed by atoms with E-state index in [1.54, 1.807) is 6.33 Å². The minimum absolute atomic E-state index is 0.208. The number of nitrogens with one attached hydrogen (secondary N) is 2. The lowest BCUT2D eigenvalue weighted by Gasteiger charge is -2.07. The minimum atomic E-state index is -0.208. The first-order valence-corrected chi connectivity index (χ1v) is 5.34. The van der Waals surface area contributed by atoms with Crippen LogP contribution in [0, 0.1) is 0 Å². The second-order valence-electron chi connectivity index (χ2n) is 3.86. The topological polar surface area (TPSA) is 75.6 Å². The molecular weight excluding hydrogens is 206 g/mol. The third-order valence-corrected chi connectivity index (χ3v) is 2.33. The van der Waals surface area contributed by atoms with E-state index in [4.69, 9.17) is 0 Å². The van der Waals surface area contributed by atoms with Gasteiger partial charge in [0.15, 0.2) is 11.2 Å². The molecule has 2 rings (SSSR count). The number of nitrogens with zero attached hydrogens (tertiary/aromatic N) is 3. The normalized spacial score (nSPS) is 11.2. The quantitative estimate of drug-likeness (QED) is 0.814. The highest BCUT2D eigenvalue weighted by atomic mass is 16.1. The van der Waals surface area contributed by atoms with E-state index in [0.29, 0.717) is 23.7 Å². The minimum Gasteiger partial charge on any atom is -0.356 e. The van der Waals surface area contributed by atoms with Gasteiger partial charge >= 0.3 is 0 Å². The molecule has 6 nitrogen and oxygen atoms in total. The fourth-order valence-corrected chi connectivity index (χ4v) is 1.56. The monoisotopic (exact) mass is 221 g/mol. The Kier molecular flexibility index (Phi) is 2.64. The molecule has 2 heterocycles. The summed E-state index contributed by atoms with van der Waals surface area (Å²) in [6.07, 6.45) is 1.65. The predicted octanol–water partition coefficient (Wildman–Crippen LogP) is 1.13. The van der Waals surface area contributed by atoms with Crippen LogP contribution in [0.3, 0.4) is 0 Å². The maximum Gasteiger partial charge on any atom is 0.280 e. The van der Waals surface area contributed by atoms with E-state index in [1.165, 1.54) is 0 Å². The van der Waals surface area contributed by atoms with Crippen molar-refractivity contribution in [3.63, 3.8) is 0 Å². The van der Waals surface area contributed by atoms with Gasteiger partial charge in [-0.05, 0) is 20.8 Å². The number of hydrogen-bond acceptors (Lipinski definition) is 4. The van der Waals surface area contributed by atoms with Crippen LogP contribution in [0.4, 0.5) is 5.95 Å². The molecule has 2 aromatic heterocycles. The molecule has 0 saturated heterocycles. The first-order chi connectivity index (χ1) is 7.63. The predicted molar refractivity (Wildman–Crippen MR) is 62.7 cm³/mol. The smallest absolute Gasteiger partial charge is 0.280 e. The van der Waals surface area contributed by atoms with Crippen LogP contribution in [0.1, 0.15) is 26.8 Å². The van der Waals surface area contributed by atoms with Gasteiger partial charge in [-0.1, -0.05) is 0 Å². The fraction of sp³-hybridized carbons (Fsp3) is 0.500. The molecular formula is C10H15N5O. The molecule has 86 valence electrons. The van der Waals surface area contributed by atoms with E-state index in [1.807, 2.05) is 25.3 Å². The van der Waals surface area contributed by atoms with Crippen LogP contribution in [-0.2, 0) is 0 Å². The molecule has 16 heavy (non-hydrogen) atoms. The zero-order valence-corrected chi connectivity index (χ0v) is 9.61. The molecule has 6 heteroatoms. The van der Waals surface area contributed by atoms with Gasteiger partial charge in [0.05, 0.1) is 6.33 Å². The summed E-state index contributed by atoms with van der Waals surface area (Å²) in [7, 11) is 0. The molecule has 0 radical (unpaired) electrons. The van der Waals surface area contributed by atoms with Crippen LogP contribution in [0.15, 0.2) is 11.1 Å². The molecule has 2 N–H and O–H groups in total. The fourth-order valence-electron chi connectivity index (χ4n) is 1.56. The van der Waals surface area contributed by atoms with E-state index in [-0.39, 0.29) is 11.6 Å². The Morgan fingerprint density at radius 1 is 1.56 bits per heavy atom. The second-order valence-corrected chi connectivity index (χ2v) is 3.86. The number of hydrogen-bond donors (Lipinski definition) is 2. The van der Waals surface area contributed by atoms with Crippen LogP contribution >= 0.6 is 0 Å². The lowest BCUT2D eigenvalue weighted by molar-refractivity contribution is 0.613. The van der Waals surface area contributed by atoms with Gasteiger partial charge in [0.2, 0.25) is 5.95 Å². The van der Waals surface area contributed by atoms with Crippen molar-refractivity contribution < 1.29 is 0 Å². The summed E-state index contributed by atoms with van der Waals surface area (Å²) >= 11 is 0. The highest BCUT2D eigenvalue weighted by molar-refractivity contribution is 5.70. The summed E-state index contributed by atoms with van der Waals surface area (Å²) in [5.41, 5.74) is 0.797. The van der Waals surface area contributed by atoms with Crippen LogP contribution < -0.4 is 10.9 Å². The highest BCUT2D eigenvalue weighted by Gasteiger charge is 2.11. The average Bonchev–Trinajstić information content (AvgIpc) is 2.62. The van der Waals surface area contributed by atoms with Crippen molar-refractivity contribution in [1.82, 2.24) is 19.5 Å². The molecule has 0 unspecified atom stereocenters. The molecule has 0 atom stereocenters. The number of fused-ring (bicyclic) bond motifs is 1. The van der Waals surface area contributed by atoms with E-state index < -0.39 is 0 Å². The van der Waals surface area contributed by atoms with E-state index in [2.05, 4.69) is 20.3 Å². The SMILES string of the molecule is CCNc1nc2c(ncn2C(C)C)c(=O)[nH]1. The third kappa shape index (κ3) is 1.66. The van der Waals surface area contributed by atoms with Crippen LogP contribution in [0.2, 0.25) is 0 Å². The van der Waals surface area contributed by atoms with Crippen molar-refractivity contribution in [3.8, 4) is 0 Å². The van der Waals surface area contributed by atoms with Gasteiger partial charge in [0.1, 0.15) is 0 Å². The Morgan fingerprint density at radius 2 is 2.31 bits per heavy atom. The molecule has 0 aliphatic heterocycles. The number of aromatic amines is 1. The van der Waals surface area contributed by atoms with Crippen LogP contribution in [0.5, 0.6) is 0 Å². The molecule has 0 saturated carbocycles. The summed E-state index contributed by atoms with van der Waals surface area (Å²) < 4.78 is 1.88. The third-order valence-electron chi connectivity index (χ3n) is 2.33. The number of H-pyrrole nitrogens is 1. The Hall–Kier alpha value is -1.85. The molecule has 0 spiro atoms. The van der Waals surface area contributed by atoms with Gasteiger partial charge in [0, 0.05) is 12.6 Å². The molecule has 0 aliphatic rings. The number of aromatic nitrogens is 4. The van der Waals surface area contributed by atoms with Crippen molar-refractivity contribution in [1.29, 1.82) is 0 Å². The Morgan fingerprint density at radius 3 is 2.94 bits per heavy atom. The van der Waals surface area contributed by atoms with E-state index in [9.17, 15) is 4.79 Å². The molecule has 0 aliphatic carbocycles. The first-order valence-electron chi connectivity index (χ1n) is 5.34. The van der Waals surface area contributed by atoms with Crippen molar-refractivity contribution in [3.05, 3.63) is 16.7 Å². The molecule has 0 amide bonds. The highest BCUT2D eigenvalue weighted by Crippen LogP contribution is 2.13. The maximum atomic E-state index is 11.7.